The van der Waals surface area contributed by atoms with Crippen molar-refractivity contribution in [2.75, 3.05) is 18.1 Å². The summed E-state index contributed by atoms with van der Waals surface area (Å²) < 4.78 is 26.4. The Hall–Kier alpha value is -1.09. The molecule has 0 fully saturated rings. The van der Waals surface area contributed by atoms with E-state index in [1.54, 1.807) is 24.3 Å². The number of thioether (sulfide) groups is 1. The number of nitrogens with one attached hydrogen (secondary N) is 1. The van der Waals surface area contributed by atoms with E-state index in [9.17, 15) is 13.2 Å². The van der Waals surface area contributed by atoms with Crippen molar-refractivity contribution < 1.29 is 18.3 Å². The summed E-state index contributed by atoms with van der Waals surface area (Å²) in [5.41, 5.74) is 6.36. The minimum atomic E-state index is -3.48. The molecule has 0 bridgehead atoms. The van der Waals surface area contributed by atoms with Crippen LogP contribution in [0.2, 0.25) is 0 Å². The van der Waals surface area contributed by atoms with Gasteiger partial charge in [0, 0.05) is 12.3 Å². The van der Waals surface area contributed by atoms with Crippen LogP contribution < -0.4 is 10.5 Å². The van der Waals surface area contributed by atoms with Crippen molar-refractivity contribution >= 4 is 27.8 Å². The molecule has 0 unspecified atom stereocenters. The number of nitrogens with two attached hydrogens (primary N) is 1. The lowest BCUT2D eigenvalue weighted by molar-refractivity contribution is -0.138. The molecule has 1 aromatic rings. The van der Waals surface area contributed by atoms with E-state index in [0.717, 1.165) is 5.56 Å². The predicted molar refractivity (Wildman–Crippen MR) is 83.9 cm³/mol. The highest BCUT2D eigenvalue weighted by atomic mass is 32.2. The summed E-state index contributed by atoms with van der Waals surface area (Å²) in [6.45, 7) is 2.19. The first-order chi connectivity index (χ1) is 9.83. The number of carboxylic acid groups (broad SMARTS) is 1. The normalized spacial score (nSPS) is 13.0. The van der Waals surface area contributed by atoms with E-state index in [-0.39, 0.29) is 4.90 Å². The number of hydrogen-bond acceptors (Lipinski definition) is 5. The second-order valence-electron chi connectivity index (χ2n) is 4.56. The largest absolute Gasteiger partial charge is 0.480 e. The van der Waals surface area contributed by atoms with Gasteiger partial charge in [-0.3, -0.25) is 4.79 Å². The topological polar surface area (TPSA) is 109 Å². The Balaban J connectivity index is 2.29. The van der Waals surface area contributed by atoms with Crippen LogP contribution in [0.4, 0.5) is 0 Å². The monoisotopic (exact) mass is 332 g/mol. The summed E-state index contributed by atoms with van der Waals surface area (Å²) in [7, 11) is -3.48. The first kappa shape index (κ1) is 18.0. The molecule has 0 aliphatic carbocycles. The van der Waals surface area contributed by atoms with E-state index in [1.807, 2.05) is 6.92 Å². The highest BCUT2D eigenvalue weighted by molar-refractivity contribution is 7.99. The molecule has 0 saturated heterocycles. The molecule has 6 nitrogen and oxygen atoms in total. The lowest BCUT2D eigenvalue weighted by Crippen LogP contribution is -2.30. The molecule has 21 heavy (non-hydrogen) atoms. The smallest absolute Gasteiger partial charge is 0.320 e. The zero-order chi connectivity index (χ0) is 15.9. The van der Waals surface area contributed by atoms with Gasteiger partial charge in [0.2, 0.25) is 10.0 Å². The van der Waals surface area contributed by atoms with Gasteiger partial charge >= 0.3 is 5.97 Å². The number of hydrogen-bond donors (Lipinski definition) is 3. The van der Waals surface area contributed by atoms with Gasteiger partial charge in [-0.1, -0.05) is 17.7 Å². The molecule has 4 N–H and O–H groups in total. The molecule has 1 atom stereocenters. The van der Waals surface area contributed by atoms with Crippen molar-refractivity contribution in [1.29, 1.82) is 0 Å². The Kier molecular flexibility index (Phi) is 7.16. The number of aliphatic carboxylic acids is 1. The molecule has 1 aromatic carbocycles. The second kappa shape index (κ2) is 8.38. The van der Waals surface area contributed by atoms with E-state index in [0.29, 0.717) is 24.5 Å². The van der Waals surface area contributed by atoms with Gasteiger partial charge in [0.15, 0.2) is 0 Å². The molecule has 0 heterocycles. The van der Waals surface area contributed by atoms with Gasteiger partial charge in [0.1, 0.15) is 6.04 Å². The summed E-state index contributed by atoms with van der Waals surface area (Å²) in [5, 5.41) is 8.61. The van der Waals surface area contributed by atoms with Crippen LogP contribution in [0.5, 0.6) is 0 Å². The molecular weight excluding hydrogens is 312 g/mol. The Morgan fingerprint density at radius 1 is 1.33 bits per heavy atom. The first-order valence-corrected chi connectivity index (χ1v) is 9.09. The molecule has 0 radical (unpaired) electrons. The van der Waals surface area contributed by atoms with Crippen LogP contribution in [-0.4, -0.2) is 43.6 Å². The Morgan fingerprint density at radius 3 is 2.52 bits per heavy atom. The fourth-order valence-corrected chi connectivity index (χ4v) is 3.52. The Morgan fingerprint density at radius 2 is 1.95 bits per heavy atom. The third kappa shape index (κ3) is 6.47. The van der Waals surface area contributed by atoms with Crippen molar-refractivity contribution in [3.05, 3.63) is 29.8 Å². The maximum Gasteiger partial charge on any atom is 0.320 e. The minimum Gasteiger partial charge on any atom is -0.480 e. The van der Waals surface area contributed by atoms with E-state index >= 15 is 0 Å². The van der Waals surface area contributed by atoms with Crippen LogP contribution in [0.15, 0.2) is 29.2 Å². The molecule has 0 spiro atoms. The summed E-state index contributed by atoms with van der Waals surface area (Å²) in [6.07, 6.45) is 0.366. The Labute approximate surface area is 129 Å². The van der Waals surface area contributed by atoms with Crippen molar-refractivity contribution in [3.8, 4) is 0 Å². The van der Waals surface area contributed by atoms with E-state index in [4.69, 9.17) is 10.8 Å². The zero-order valence-corrected chi connectivity index (χ0v) is 13.4. The number of rotatable bonds is 9. The molecule has 1 rings (SSSR count). The molecular formula is C13H20N2O4S2. The second-order valence-corrected chi connectivity index (χ2v) is 7.55. The summed E-state index contributed by atoms with van der Waals surface area (Å²) in [4.78, 5) is 10.7. The van der Waals surface area contributed by atoms with Gasteiger partial charge in [-0.15, -0.1) is 0 Å². The molecule has 0 aromatic heterocycles. The highest BCUT2D eigenvalue weighted by Crippen LogP contribution is 2.10. The van der Waals surface area contributed by atoms with Crippen LogP contribution in [0.1, 0.15) is 12.0 Å². The fourth-order valence-electron chi connectivity index (χ4n) is 1.48. The summed E-state index contributed by atoms with van der Waals surface area (Å²) in [6, 6.07) is 5.77. The maximum absolute atomic E-state index is 12.0. The van der Waals surface area contributed by atoms with E-state index in [2.05, 4.69) is 4.72 Å². The maximum atomic E-state index is 12.0. The standard InChI is InChI=1S/C13H20N2O4S2/c1-10-2-4-11(5-3-10)21(18,19)15-7-9-20-8-6-12(14)13(16)17/h2-5,12,15H,6-9,14H2,1H3,(H,16,17)/t12-/m0/s1. The molecule has 8 heteroatoms. The van der Waals surface area contributed by atoms with E-state index < -0.39 is 22.0 Å². The van der Waals surface area contributed by atoms with Crippen LogP contribution in [-0.2, 0) is 14.8 Å². The van der Waals surface area contributed by atoms with Crippen molar-refractivity contribution in [3.63, 3.8) is 0 Å². The summed E-state index contributed by atoms with van der Waals surface area (Å²) >= 11 is 1.47. The highest BCUT2D eigenvalue weighted by Gasteiger charge is 2.13. The minimum absolute atomic E-state index is 0.242. The van der Waals surface area contributed by atoms with Crippen molar-refractivity contribution in [2.45, 2.75) is 24.3 Å². The van der Waals surface area contributed by atoms with Gasteiger partial charge < -0.3 is 10.8 Å². The molecule has 0 aliphatic rings. The van der Waals surface area contributed by atoms with Crippen molar-refractivity contribution in [1.82, 2.24) is 4.72 Å². The predicted octanol–water partition coefficient (Wildman–Crippen LogP) is 0.809. The molecule has 118 valence electrons. The average Bonchev–Trinajstić information content (AvgIpc) is 2.42. The molecule has 0 saturated carbocycles. The molecule has 0 aliphatic heterocycles. The average molecular weight is 332 g/mol. The van der Waals surface area contributed by atoms with Crippen LogP contribution in [0.3, 0.4) is 0 Å². The van der Waals surface area contributed by atoms with Crippen LogP contribution in [0.25, 0.3) is 0 Å². The van der Waals surface area contributed by atoms with Gasteiger partial charge in [-0.05, 0) is 31.2 Å². The number of sulfonamides is 1. The Bertz CT molecular complexity index is 558. The molecule has 0 amide bonds. The number of benzene rings is 1. The first-order valence-electron chi connectivity index (χ1n) is 6.45. The SMILES string of the molecule is Cc1ccc(S(=O)(=O)NCCSCC[C@H](N)C(=O)O)cc1. The van der Waals surface area contributed by atoms with Gasteiger partial charge in [-0.2, -0.15) is 11.8 Å². The lowest BCUT2D eigenvalue weighted by atomic mass is 10.2. The van der Waals surface area contributed by atoms with Gasteiger partial charge in [0.05, 0.1) is 4.90 Å². The quantitative estimate of drug-likeness (QED) is 0.577. The third-order valence-corrected chi connectivity index (χ3v) is 5.25. The number of carbonyl (C=O) groups is 1. The lowest BCUT2D eigenvalue weighted by Gasteiger charge is -2.08. The van der Waals surface area contributed by atoms with Crippen LogP contribution >= 0.6 is 11.8 Å². The zero-order valence-electron chi connectivity index (χ0n) is 11.8. The van der Waals surface area contributed by atoms with Crippen LogP contribution in [0, 0.1) is 6.92 Å². The number of carboxylic acids is 1. The fraction of sp³-hybridized carbons (Fsp3) is 0.462. The van der Waals surface area contributed by atoms with Crippen molar-refractivity contribution in [2.24, 2.45) is 5.73 Å². The van der Waals surface area contributed by atoms with E-state index in [1.165, 1.54) is 11.8 Å². The summed E-state index contributed by atoms with van der Waals surface area (Å²) in [5.74, 6) is 0.132. The van der Waals surface area contributed by atoms with Gasteiger partial charge in [-0.25, -0.2) is 13.1 Å². The van der Waals surface area contributed by atoms with Gasteiger partial charge in [0.25, 0.3) is 0 Å². The third-order valence-electron chi connectivity index (χ3n) is 2.76. The number of aryl methyl sites for hydroxylation is 1.